The molecule has 0 aliphatic carbocycles. The molecule has 0 unspecified atom stereocenters. The topological polar surface area (TPSA) is 34.1 Å². The highest BCUT2D eigenvalue weighted by molar-refractivity contribution is 7.14. The number of piperazine rings is 1. The van der Waals surface area contributed by atoms with Crippen LogP contribution in [0.15, 0.2) is 58.9 Å². The van der Waals surface area contributed by atoms with Gasteiger partial charge in [-0.3, -0.25) is 4.99 Å². The standard InChI is InChI=1S/C21H27N5S/c1-22-21(26-13-11-25(12-14-26)20-8-5-15-27-20)23-17-18-6-4-7-19(16-18)24-9-2-3-10-24/h2-8,15-16H,9-14,17H2,1H3,(H,22,23). The van der Waals surface area contributed by atoms with Gasteiger partial charge in [0.05, 0.1) is 5.00 Å². The number of nitrogens with one attached hydrogen (secondary N) is 1. The fourth-order valence-corrected chi connectivity index (χ4v) is 4.44. The maximum Gasteiger partial charge on any atom is 0.194 e. The van der Waals surface area contributed by atoms with E-state index in [1.54, 1.807) is 0 Å². The molecule has 0 bridgehead atoms. The largest absolute Gasteiger partial charge is 0.364 e. The van der Waals surface area contributed by atoms with E-state index in [0.29, 0.717) is 0 Å². The first-order valence-corrected chi connectivity index (χ1v) is 10.4. The molecular weight excluding hydrogens is 354 g/mol. The molecule has 0 saturated carbocycles. The number of hydrogen-bond acceptors (Lipinski definition) is 4. The van der Waals surface area contributed by atoms with Crippen LogP contribution in [0.5, 0.6) is 0 Å². The third-order valence-electron chi connectivity index (χ3n) is 5.15. The molecule has 0 spiro atoms. The number of hydrogen-bond donors (Lipinski definition) is 1. The van der Waals surface area contributed by atoms with Crippen LogP contribution in [-0.4, -0.2) is 57.2 Å². The van der Waals surface area contributed by atoms with Crippen molar-refractivity contribution in [2.45, 2.75) is 6.54 Å². The molecule has 2 aromatic rings. The van der Waals surface area contributed by atoms with E-state index in [0.717, 1.165) is 51.8 Å². The van der Waals surface area contributed by atoms with Gasteiger partial charge in [0.15, 0.2) is 5.96 Å². The van der Waals surface area contributed by atoms with Crippen molar-refractivity contribution < 1.29 is 0 Å². The Kier molecular flexibility index (Phi) is 5.63. The van der Waals surface area contributed by atoms with Gasteiger partial charge >= 0.3 is 0 Å². The molecule has 4 rings (SSSR count). The second kappa shape index (κ2) is 8.48. The van der Waals surface area contributed by atoms with Gasteiger partial charge in [-0.05, 0) is 35.2 Å². The first-order valence-electron chi connectivity index (χ1n) is 9.56. The van der Waals surface area contributed by atoms with Crippen LogP contribution in [0.3, 0.4) is 0 Å². The summed E-state index contributed by atoms with van der Waals surface area (Å²) in [4.78, 5) is 11.7. The minimum atomic E-state index is 0.799. The summed E-state index contributed by atoms with van der Waals surface area (Å²) in [6.45, 7) is 6.89. The molecule has 2 aliphatic rings. The van der Waals surface area contributed by atoms with Gasteiger partial charge in [0, 0.05) is 58.5 Å². The molecule has 1 N–H and O–H groups in total. The second-order valence-electron chi connectivity index (χ2n) is 6.87. The molecule has 1 aromatic heterocycles. The van der Waals surface area contributed by atoms with Crippen molar-refractivity contribution in [3.63, 3.8) is 0 Å². The average Bonchev–Trinajstić information content (AvgIpc) is 3.43. The molecule has 142 valence electrons. The van der Waals surface area contributed by atoms with Crippen LogP contribution < -0.4 is 15.1 Å². The highest BCUT2D eigenvalue weighted by atomic mass is 32.1. The number of rotatable bonds is 4. The summed E-state index contributed by atoms with van der Waals surface area (Å²) in [6.07, 6.45) is 4.45. The first-order chi connectivity index (χ1) is 13.3. The number of guanidine groups is 1. The lowest BCUT2D eigenvalue weighted by atomic mass is 10.2. The fourth-order valence-electron chi connectivity index (χ4n) is 3.65. The SMILES string of the molecule is CN=C(NCc1cccc(N2CC=CC2)c1)N1CCN(c2cccs2)CC1. The zero-order chi connectivity index (χ0) is 18.5. The van der Waals surface area contributed by atoms with Crippen molar-refractivity contribution in [3.8, 4) is 0 Å². The molecule has 6 heteroatoms. The molecule has 0 amide bonds. The Morgan fingerprint density at radius 1 is 1.04 bits per heavy atom. The molecule has 0 radical (unpaired) electrons. The van der Waals surface area contributed by atoms with Crippen LogP contribution in [0.2, 0.25) is 0 Å². The van der Waals surface area contributed by atoms with E-state index in [1.165, 1.54) is 16.3 Å². The van der Waals surface area contributed by atoms with Crippen molar-refractivity contribution in [1.29, 1.82) is 0 Å². The Hall–Kier alpha value is -2.47. The van der Waals surface area contributed by atoms with Gasteiger partial charge in [0.25, 0.3) is 0 Å². The van der Waals surface area contributed by atoms with E-state index < -0.39 is 0 Å². The van der Waals surface area contributed by atoms with Crippen molar-refractivity contribution in [2.24, 2.45) is 4.99 Å². The Morgan fingerprint density at radius 2 is 1.85 bits per heavy atom. The van der Waals surface area contributed by atoms with E-state index in [4.69, 9.17) is 0 Å². The molecule has 0 atom stereocenters. The highest BCUT2D eigenvalue weighted by Crippen LogP contribution is 2.22. The third-order valence-corrected chi connectivity index (χ3v) is 6.08. The maximum absolute atomic E-state index is 4.51. The van der Waals surface area contributed by atoms with Crippen LogP contribution in [0, 0.1) is 0 Å². The van der Waals surface area contributed by atoms with Crippen LogP contribution in [0.1, 0.15) is 5.56 Å². The van der Waals surface area contributed by atoms with E-state index in [2.05, 4.69) is 78.9 Å². The number of benzene rings is 1. The quantitative estimate of drug-likeness (QED) is 0.502. The Labute approximate surface area is 165 Å². The summed E-state index contributed by atoms with van der Waals surface area (Å²) in [5.74, 6) is 0.995. The molecular formula is C21H27N5S. The summed E-state index contributed by atoms with van der Waals surface area (Å²) >= 11 is 1.82. The average molecular weight is 382 g/mol. The van der Waals surface area contributed by atoms with Gasteiger partial charge < -0.3 is 20.0 Å². The smallest absolute Gasteiger partial charge is 0.194 e. The molecule has 1 saturated heterocycles. The fraction of sp³-hybridized carbons (Fsp3) is 0.381. The zero-order valence-electron chi connectivity index (χ0n) is 15.8. The van der Waals surface area contributed by atoms with Crippen LogP contribution in [0.4, 0.5) is 10.7 Å². The molecule has 3 heterocycles. The Balaban J connectivity index is 1.31. The highest BCUT2D eigenvalue weighted by Gasteiger charge is 2.20. The van der Waals surface area contributed by atoms with Crippen molar-refractivity contribution in [1.82, 2.24) is 10.2 Å². The van der Waals surface area contributed by atoms with Crippen LogP contribution in [0.25, 0.3) is 0 Å². The van der Waals surface area contributed by atoms with E-state index in [-0.39, 0.29) is 0 Å². The summed E-state index contributed by atoms with van der Waals surface area (Å²) in [5, 5.41) is 7.06. The van der Waals surface area contributed by atoms with Gasteiger partial charge in [-0.25, -0.2) is 0 Å². The van der Waals surface area contributed by atoms with Crippen LogP contribution in [-0.2, 0) is 6.54 Å². The minimum absolute atomic E-state index is 0.799. The number of anilines is 2. The second-order valence-corrected chi connectivity index (χ2v) is 7.80. The van der Waals surface area contributed by atoms with Gasteiger partial charge in [0.1, 0.15) is 0 Å². The Bertz CT molecular complexity index is 783. The molecule has 1 fully saturated rings. The summed E-state index contributed by atoms with van der Waals surface area (Å²) in [5.41, 5.74) is 2.58. The van der Waals surface area contributed by atoms with Crippen molar-refractivity contribution >= 4 is 28.0 Å². The summed E-state index contributed by atoms with van der Waals surface area (Å²) in [7, 11) is 1.88. The first kappa shape index (κ1) is 17.9. The number of aliphatic imine (C=N–C) groups is 1. The predicted octanol–water partition coefficient (Wildman–Crippen LogP) is 3.02. The molecule has 5 nitrogen and oxygen atoms in total. The van der Waals surface area contributed by atoms with Gasteiger partial charge in [0.2, 0.25) is 0 Å². The predicted molar refractivity (Wildman–Crippen MR) is 116 cm³/mol. The van der Waals surface area contributed by atoms with E-state index >= 15 is 0 Å². The lowest BCUT2D eigenvalue weighted by molar-refractivity contribution is 0.373. The van der Waals surface area contributed by atoms with E-state index in [1.807, 2.05) is 18.4 Å². The van der Waals surface area contributed by atoms with Crippen molar-refractivity contribution in [2.75, 3.05) is 56.1 Å². The summed E-state index contributed by atoms with van der Waals surface area (Å²) in [6, 6.07) is 13.1. The summed E-state index contributed by atoms with van der Waals surface area (Å²) < 4.78 is 0. The van der Waals surface area contributed by atoms with Gasteiger partial charge in [-0.2, -0.15) is 0 Å². The maximum atomic E-state index is 4.51. The monoisotopic (exact) mass is 381 g/mol. The molecule has 2 aliphatic heterocycles. The lowest BCUT2D eigenvalue weighted by Crippen LogP contribution is -2.52. The Morgan fingerprint density at radius 3 is 2.56 bits per heavy atom. The van der Waals surface area contributed by atoms with Gasteiger partial charge in [-0.15, -0.1) is 11.3 Å². The zero-order valence-corrected chi connectivity index (χ0v) is 16.7. The van der Waals surface area contributed by atoms with Gasteiger partial charge in [-0.1, -0.05) is 24.3 Å². The number of nitrogens with zero attached hydrogens (tertiary/aromatic N) is 4. The normalized spacial score (nSPS) is 17.7. The van der Waals surface area contributed by atoms with Crippen LogP contribution >= 0.6 is 11.3 Å². The lowest BCUT2D eigenvalue weighted by Gasteiger charge is -2.37. The third kappa shape index (κ3) is 4.27. The number of thiophene rings is 1. The van der Waals surface area contributed by atoms with Crippen molar-refractivity contribution in [3.05, 3.63) is 59.5 Å². The minimum Gasteiger partial charge on any atom is -0.364 e. The molecule has 1 aromatic carbocycles. The molecule has 27 heavy (non-hydrogen) atoms. The van der Waals surface area contributed by atoms with E-state index in [9.17, 15) is 0 Å².